The van der Waals surface area contributed by atoms with Gasteiger partial charge in [0, 0.05) is 37.5 Å². The summed E-state index contributed by atoms with van der Waals surface area (Å²) in [6, 6.07) is 5.20. The third kappa shape index (κ3) is 3.57. The van der Waals surface area contributed by atoms with Crippen LogP contribution in [-0.4, -0.2) is 4.57 Å². The Morgan fingerprint density at radius 1 is 1.31 bits per heavy atom. The molecule has 1 rings (SSSR count). The van der Waals surface area contributed by atoms with Gasteiger partial charge < -0.3 is 4.57 Å². The van der Waals surface area contributed by atoms with Gasteiger partial charge in [0.05, 0.1) is 6.07 Å². The van der Waals surface area contributed by atoms with Crippen molar-refractivity contribution in [2.45, 2.75) is 25.8 Å². The van der Waals surface area contributed by atoms with Gasteiger partial charge in [-0.25, -0.2) is 0 Å². The highest BCUT2D eigenvalue weighted by Gasteiger charge is 1.89. The van der Waals surface area contributed by atoms with Crippen molar-refractivity contribution < 1.29 is 0 Å². The molecule has 1 aromatic rings. The normalized spacial score (nSPS) is 9.46. The first kappa shape index (κ1) is 9.53. The predicted octanol–water partition coefficient (Wildman–Crippen LogP) is 1.54. The van der Waals surface area contributed by atoms with Crippen LogP contribution in [0.25, 0.3) is 0 Å². The lowest BCUT2D eigenvalue weighted by atomic mass is 10.2. The van der Waals surface area contributed by atoms with Crippen molar-refractivity contribution in [2.24, 2.45) is 0 Å². The van der Waals surface area contributed by atoms with Crippen LogP contribution in [0, 0.1) is 11.3 Å². The summed E-state index contributed by atoms with van der Waals surface area (Å²) in [7, 11) is 0. The van der Waals surface area contributed by atoms with Gasteiger partial charge in [0.15, 0.2) is 5.43 Å². The lowest BCUT2D eigenvalue weighted by Gasteiger charge is -2.03. The van der Waals surface area contributed by atoms with E-state index < -0.39 is 0 Å². The minimum absolute atomic E-state index is 0.0354. The summed E-state index contributed by atoms with van der Waals surface area (Å²) in [5, 5.41) is 8.30. The Morgan fingerprint density at radius 3 is 2.62 bits per heavy atom. The molecule has 0 spiro atoms. The standard InChI is InChI=1S/C10H12N2O/c11-6-2-1-3-7-12-8-4-10(13)5-9-12/h4-5,8-9H,1-3,7H2. The molecule has 68 valence electrons. The molecule has 13 heavy (non-hydrogen) atoms. The predicted molar refractivity (Wildman–Crippen MR) is 50.2 cm³/mol. The zero-order valence-corrected chi connectivity index (χ0v) is 7.44. The van der Waals surface area contributed by atoms with Gasteiger partial charge in [-0.2, -0.15) is 5.26 Å². The molecule has 0 unspecified atom stereocenters. The van der Waals surface area contributed by atoms with Gasteiger partial charge in [-0.15, -0.1) is 0 Å². The first-order chi connectivity index (χ1) is 6.33. The average molecular weight is 176 g/mol. The van der Waals surface area contributed by atoms with E-state index in [2.05, 4.69) is 6.07 Å². The minimum Gasteiger partial charge on any atom is -0.354 e. The summed E-state index contributed by atoms with van der Waals surface area (Å²) in [6.07, 6.45) is 6.06. The maximum Gasteiger partial charge on any atom is 0.181 e. The highest BCUT2D eigenvalue weighted by molar-refractivity contribution is 4.93. The smallest absolute Gasteiger partial charge is 0.181 e. The molecule has 3 nitrogen and oxygen atoms in total. The minimum atomic E-state index is 0.0354. The van der Waals surface area contributed by atoms with E-state index in [4.69, 9.17) is 5.26 Å². The lowest BCUT2D eigenvalue weighted by molar-refractivity contribution is 0.612. The Bertz CT molecular complexity index is 328. The molecule has 0 aliphatic heterocycles. The van der Waals surface area contributed by atoms with Crippen LogP contribution >= 0.6 is 0 Å². The van der Waals surface area contributed by atoms with Crippen LogP contribution in [0.5, 0.6) is 0 Å². The number of unbranched alkanes of at least 4 members (excludes halogenated alkanes) is 2. The van der Waals surface area contributed by atoms with Gasteiger partial charge in [-0.05, 0) is 12.8 Å². The molecule has 0 saturated heterocycles. The van der Waals surface area contributed by atoms with E-state index >= 15 is 0 Å². The van der Waals surface area contributed by atoms with Crippen molar-refractivity contribution in [3.05, 3.63) is 34.7 Å². The second-order valence-electron chi connectivity index (χ2n) is 2.89. The number of rotatable bonds is 4. The fourth-order valence-corrected chi connectivity index (χ4v) is 1.09. The molecular weight excluding hydrogens is 164 g/mol. The number of nitrogens with zero attached hydrogens (tertiary/aromatic N) is 2. The third-order valence-electron chi connectivity index (χ3n) is 1.82. The molecule has 0 atom stereocenters. The molecule has 0 bridgehead atoms. The monoisotopic (exact) mass is 176 g/mol. The third-order valence-corrected chi connectivity index (χ3v) is 1.82. The molecular formula is C10H12N2O. The zero-order valence-electron chi connectivity index (χ0n) is 7.44. The summed E-state index contributed by atoms with van der Waals surface area (Å²) < 4.78 is 1.96. The molecule has 0 N–H and O–H groups in total. The molecule has 0 aliphatic rings. The highest BCUT2D eigenvalue weighted by Crippen LogP contribution is 1.97. The van der Waals surface area contributed by atoms with Crippen LogP contribution in [0.4, 0.5) is 0 Å². The van der Waals surface area contributed by atoms with Gasteiger partial charge in [0.25, 0.3) is 0 Å². The molecule has 0 aliphatic carbocycles. The summed E-state index contributed by atoms with van der Waals surface area (Å²) in [6.45, 7) is 0.877. The number of nitriles is 1. The van der Waals surface area contributed by atoms with Crippen molar-refractivity contribution in [3.8, 4) is 6.07 Å². The Balaban J connectivity index is 2.34. The van der Waals surface area contributed by atoms with E-state index in [-0.39, 0.29) is 5.43 Å². The molecule has 0 radical (unpaired) electrons. The summed E-state index contributed by atoms with van der Waals surface area (Å²) >= 11 is 0. The maximum atomic E-state index is 10.7. The first-order valence-corrected chi connectivity index (χ1v) is 4.36. The van der Waals surface area contributed by atoms with Crippen LogP contribution in [0.3, 0.4) is 0 Å². The molecule has 3 heteroatoms. The number of aromatic nitrogens is 1. The van der Waals surface area contributed by atoms with E-state index in [0.29, 0.717) is 6.42 Å². The quantitative estimate of drug-likeness (QED) is 0.653. The van der Waals surface area contributed by atoms with E-state index in [1.165, 1.54) is 0 Å². The summed E-state index contributed by atoms with van der Waals surface area (Å²) in [4.78, 5) is 10.7. The molecule has 1 aromatic heterocycles. The van der Waals surface area contributed by atoms with Crippen molar-refractivity contribution in [1.29, 1.82) is 5.26 Å². The fourth-order valence-electron chi connectivity index (χ4n) is 1.09. The molecule has 1 heterocycles. The van der Waals surface area contributed by atoms with Crippen LogP contribution in [-0.2, 0) is 6.54 Å². The average Bonchev–Trinajstić information content (AvgIpc) is 2.15. The first-order valence-electron chi connectivity index (χ1n) is 4.36. The van der Waals surface area contributed by atoms with Gasteiger partial charge in [-0.3, -0.25) is 4.79 Å². The molecule has 0 fully saturated rings. The van der Waals surface area contributed by atoms with Gasteiger partial charge in [-0.1, -0.05) is 0 Å². The van der Waals surface area contributed by atoms with Crippen molar-refractivity contribution in [3.63, 3.8) is 0 Å². The van der Waals surface area contributed by atoms with Crippen LogP contribution in [0.2, 0.25) is 0 Å². The number of pyridine rings is 1. The maximum absolute atomic E-state index is 10.7. The van der Waals surface area contributed by atoms with Gasteiger partial charge in [0.1, 0.15) is 0 Å². The van der Waals surface area contributed by atoms with Crippen LogP contribution in [0.15, 0.2) is 29.3 Å². The highest BCUT2D eigenvalue weighted by atomic mass is 16.1. The van der Waals surface area contributed by atoms with Crippen molar-refractivity contribution in [1.82, 2.24) is 4.57 Å². The second-order valence-corrected chi connectivity index (χ2v) is 2.89. The Morgan fingerprint density at radius 2 is 2.00 bits per heavy atom. The van der Waals surface area contributed by atoms with Crippen molar-refractivity contribution in [2.75, 3.05) is 0 Å². The number of hydrogen-bond donors (Lipinski definition) is 0. The summed E-state index contributed by atoms with van der Waals surface area (Å²) in [5.41, 5.74) is 0.0354. The zero-order chi connectivity index (χ0) is 9.52. The van der Waals surface area contributed by atoms with E-state index in [9.17, 15) is 4.79 Å². The van der Waals surface area contributed by atoms with Crippen molar-refractivity contribution >= 4 is 0 Å². The number of aryl methyl sites for hydroxylation is 1. The molecule has 0 amide bonds. The largest absolute Gasteiger partial charge is 0.354 e. The van der Waals surface area contributed by atoms with Crippen LogP contribution in [0.1, 0.15) is 19.3 Å². The molecule has 0 saturated carbocycles. The SMILES string of the molecule is N#CCCCCn1ccc(=O)cc1. The lowest BCUT2D eigenvalue weighted by Crippen LogP contribution is -2.03. The Kier molecular flexibility index (Phi) is 3.77. The molecule has 0 aromatic carbocycles. The fraction of sp³-hybridized carbons (Fsp3) is 0.400. The Labute approximate surface area is 77.2 Å². The summed E-state index contributed by atoms with van der Waals surface area (Å²) in [5.74, 6) is 0. The number of hydrogen-bond acceptors (Lipinski definition) is 2. The van der Waals surface area contributed by atoms with Gasteiger partial charge >= 0.3 is 0 Å². The van der Waals surface area contributed by atoms with E-state index in [0.717, 1.165) is 19.4 Å². The van der Waals surface area contributed by atoms with Crippen LogP contribution < -0.4 is 5.43 Å². The van der Waals surface area contributed by atoms with E-state index in [1.54, 1.807) is 24.5 Å². The second kappa shape index (κ2) is 5.15. The Hall–Kier alpha value is -1.56. The van der Waals surface area contributed by atoms with E-state index in [1.807, 2.05) is 4.57 Å². The van der Waals surface area contributed by atoms with Gasteiger partial charge in [0.2, 0.25) is 0 Å². The topological polar surface area (TPSA) is 45.8 Å².